The fourth-order valence-corrected chi connectivity index (χ4v) is 1.82. The molecular weight excluding hydrogens is 268 g/mol. The van der Waals surface area contributed by atoms with Crippen LogP contribution in [0, 0.1) is 11.6 Å². The molecule has 0 radical (unpaired) electrons. The average molecular weight is 288 g/mol. The van der Waals surface area contributed by atoms with E-state index in [1.807, 2.05) is 6.92 Å². The predicted molar refractivity (Wildman–Crippen MR) is 76.2 cm³/mol. The Morgan fingerprint density at radius 3 is 2.58 bits per heavy atom. The van der Waals surface area contributed by atoms with Crippen molar-refractivity contribution in [2.24, 2.45) is 0 Å². The number of likely N-dealkylation sites (N-methyl/N-ethyl adjacent to an activating group) is 1. The summed E-state index contributed by atoms with van der Waals surface area (Å²) in [6, 6.07) is 3.67. The lowest BCUT2D eigenvalue weighted by atomic mass is 10.1. The van der Waals surface area contributed by atoms with E-state index in [1.165, 1.54) is 11.0 Å². The zero-order valence-electron chi connectivity index (χ0n) is 11.4. The Hall–Kier alpha value is -1.27. The Balaban J connectivity index is 2.47. The van der Waals surface area contributed by atoms with Crippen LogP contribution < -0.4 is 15.5 Å². The number of benzene rings is 1. The van der Waals surface area contributed by atoms with Crippen LogP contribution >= 0.6 is 12.2 Å². The van der Waals surface area contributed by atoms with Crippen LogP contribution in [0.2, 0.25) is 0 Å². The number of halogens is 2. The smallest absolute Gasteiger partial charge is 0.166 e. The molecule has 0 aliphatic rings. The summed E-state index contributed by atoms with van der Waals surface area (Å²) in [5.74, 6) is -1.69. The van der Waals surface area contributed by atoms with Gasteiger partial charge in [0.1, 0.15) is 0 Å². The van der Waals surface area contributed by atoms with Gasteiger partial charge in [-0.1, -0.05) is 6.07 Å². The SMILES string of the molecule is C[C@@H](NC(=S)NCC[NH+](C)C)c1ccc(F)c(F)c1. The first-order valence-corrected chi connectivity index (χ1v) is 6.59. The highest BCUT2D eigenvalue weighted by atomic mass is 32.1. The van der Waals surface area contributed by atoms with Gasteiger partial charge in [0.05, 0.1) is 33.2 Å². The zero-order valence-corrected chi connectivity index (χ0v) is 12.2. The van der Waals surface area contributed by atoms with Crippen molar-refractivity contribution in [3.8, 4) is 0 Å². The van der Waals surface area contributed by atoms with Crippen molar-refractivity contribution in [1.29, 1.82) is 0 Å². The first-order chi connectivity index (χ1) is 8.90. The molecule has 0 aromatic heterocycles. The van der Waals surface area contributed by atoms with E-state index < -0.39 is 11.6 Å². The summed E-state index contributed by atoms with van der Waals surface area (Å²) < 4.78 is 25.9. The van der Waals surface area contributed by atoms with Gasteiger partial charge >= 0.3 is 0 Å². The first-order valence-electron chi connectivity index (χ1n) is 6.18. The molecule has 0 saturated heterocycles. The Morgan fingerprint density at radius 2 is 2.00 bits per heavy atom. The molecule has 0 saturated carbocycles. The fourth-order valence-electron chi connectivity index (χ4n) is 1.54. The van der Waals surface area contributed by atoms with E-state index in [9.17, 15) is 8.78 Å². The molecule has 0 fully saturated rings. The topological polar surface area (TPSA) is 28.5 Å². The average Bonchev–Trinajstić information content (AvgIpc) is 2.32. The molecule has 0 heterocycles. The van der Waals surface area contributed by atoms with Crippen molar-refractivity contribution in [1.82, 2.24) is 10.6 Å². The molecule has 0 bridgehead atoms. The van der Waals surface area contributed by atoms with Crippen LogP contribution in [0.3, 0.4) is 0 Å². The number of hydrogen-bond acceptors (Lipinski definition) is 1. The van der Waals surface area contributed by atoms with Gasteiger partial charge in [-0.2, -0.15) is 0 Å². The van der Waals surface area contributed by atoms with E-state index in [2.05, 4.69) is 24.7 Å². The maximum Gasteiger partial charge on any atom is 0.166 e. The Morgan fingerprint density at radius 1 is 1.32 bits per heavy atom. The van der Waals surface area contributed by atoms with E-state index >= 15 is 0 Å². The molecule has 0 aliphatic heterocycles. The molecule has 106 valence electrons. The summed E-state index contributed by atoms with van der Waals surface area (Å²) in [4.78, 5) is 1.32. The lowest BCUT2D eigenvalue weighted by Gasteiger charge is -2.18. The molecule has 3 N–H and O–H groups in total. The van der Waals surface area contributed by atoms with Gasteiger partial charge in [-0.15, -0.1) is 0 Å². The molecule has 1 atom stereocenters. The highest BCUT2D eigenvalue weighted by molar-refractivity contribution is 7.80. The summed E-state index contributed by atoms with van der Waals surface area (Å²) in [7, 11) is 4.12. The minimum absolute atomic E-state index is 0.179. The van der Waals surface area contributed by atoms with Gasteiger partial charge in [-0.05, 0) is 36.8 Å². The van der Waals surface area contributed by atoms with Crippen molar-refractivity contribution >= 4 is 17.3 Å². The van der Waals surface area contributed by atoms with Gasteiger partial charge in [-0.25, -0.2) is 8.78 Å². The summed E-state index contributed by atoms with van der Waals surface area (Å²) in [5.41, 5.74) is 0.654. The maximum atomic E-state index is 13.1. The quantitative estimate of drug-likeness (QED) is 0.694. The van der Waals surface area contributed by atoms with E-state index in [-0.39, 0.29) is 6.04 Å². The van der Waals surface area contributed by atoms with Gasteiger partial charge in [0, 0.05) is 0 Å². The molecule has 0 spiro atoms. The number of nitrogens with one attached hydrogen (secondary N) is 3. The third kappa shape index (κ3) is 5.48. The second-order valence-corrected chi connectivity index (χ2v) is 5.16. The van der Waals surface area contributed by atoms with Crippen molar-refractivity contribution in [2.75, 3.05) is 27.2 Å². The van der Waals surface area contributed by atoms with Gasteiger partial charge in [0.25, 0.3) is 0 Å². The Labute approximate surface area is 118 Å². The van der Waals surface area contributed by atoms with Crippen molar-refractivity contribution in [2.45, 2.75) is 13.0 Å². The Bertz CT molecular complexity index is 438. The van der Waals surface area contributed by atoms with Crippen LogP contribution in [0.5, 0.6) is 0 Å². The molecule has 6 heteroatoms. The zero-order chi connectivity index (χ0) is 14.4. The normalized spacial score (nSPS) is 12.3. The molecule has 3 nitrogen and oxygen atoms in total. The Kier molecular flexibility index (Phi) is 6.11. The lowest BCUT2D eigenvalue weighted by molar-refractivity contribution is -0.856. The molecular formula is C13H20F2N3S+. The number of thiocarbonyl (C=S) groups is 1. The second-order valence-electron chi connectivity index (χ2n) is 4.75. The first kappa shape index (κ1) is 15.8. The van der Waals surface area contributed by atoms with Gasteiger partial charge in [0.2, 0.25) is 0 Å². The molecule has 1 rings (SSSR count). The number of rotatable bonds is 5. The van der Waals surface area contributed by atoms with Crippen LogP contribution in [-0.4, -0.2) is 32.3 Å². The van der Waals surface area contributed by atoms with Crippen molar-refractivity contribution < 1.29 is 13.7 Å². The van der Waals surface area contributed by atoms with Crippen LogP contribution in [0.4, 0.5) is 8.78 Å². The van der Waals surface area contributed by atoms with Gasteiger partial charge < -0.3 is 15.5 Å². The van der Waals surface area contributed by atoms with E-state index in [1.54, 1.807) is 6.07 Å². The second kappa shape index (κ2) is 7.35. The van der Waals surface area contributed by atoms with Gasteiger partial charge in [0.15, 0.2) is 16.7 Å². The highest BCUT2D eigenvalue weighted by Gasteiger charge is 2.10. The van der Waals surface area contributed by atoms with Crippen molar-refractivity contribution in [3.63, 3.8) is 0 Å². The van der Waals surface area contributed by atoms with Crippen LogP contribution in [-0.2, 0) is 0 Å². The van der Waals surface area contributed by atoms with Crippen LogP contribution in [0.1, 0.15) is 18.5 Å². The number of quaternary nitrogens is 1. The summed E-state index contributed by atoms with van der Waals surface area (Å²) >= 11 is 5.14. The van der Waals surface area contributed by atoms with E-state index in [0.717, 1.165) is 19.2 Å². The monoisotopic (exact) mass is 288 g/mol. The molecule has 1 aromatic rings. The van der Waals surface area contributed by atoms with Crippen LogP contribution in [0.25, 0.3) is 0 Å². The van der Waals surface area contributed by atoms with E-state index in [4.69, 9.17) is 12.2 Å². The lowest BCUT2D eigenvalue weighted by Crippen LogP contribution is -3.06. The molecule has 1 aromatic carbocycles. The molecule has 0 aliphatic carbocycles. The molecule has 0 unspecified atom stereocenters. The van der Waals surface area contributed by atoms with E-state index in [0.29, 0.717) is 10.7 Å². The third-order valence-electron chi connectivity index (χ3n) is 2.70. The third-order valence-corrected chi connectivity index (χ3v) is 2.96. The van der Waals surface area contributed by atoms with Gasteiger partial charge in [-0.3, -0.25) is 0 Å². The highest BCUT2D eigenvalue weighted by Crippen LogP contribution is 2.15. The fraction of sp³-hybridized carbons (Fsp3) is 0.462. The maximum absolute atomic E-state index is 13.1. The number of hydrogen-bond donors (Lipinski definition) is 3. The van der Waals surface area contributed by atoms with Crippen molar-refractivity contribution in [3.05, 3.63) is 35.4 Å². The molecule has 0 amide bonds. The minimum Gasteiger partial charge on any atom is -0.357 e. The summed E-state index contributed by atoms with van der Waals surface area (Å²) in [6.07, 6.45) is 0. The largest absolute Gasteiger partial charge is 0.357 e. The summed E-state index contributed by atoms with van der Waals surface area (Å²) in [5, 5.41) is 6.62. The van der Waals surface area contributed by atoms with Crippen LogP contribution in [0.15, 0.2) is 18.2 Å². The molecule has 19 heavy (non-hydrogen) atoms. The minimum atomic E-state index is -0.846. The predicted octanol–water partition coefficient (Wildman–Crippen LogP) is 0.634. The summed E-state index contributed by atoms with van der Waals surface area (Å²) in [6.45, 7) is 3.55. The standard InChI is InChI=1S/C13H19F2N3S/c1-9(10-4-5-11(14)12(15)8-10)17-13(19)16-6-7-18(2)3/h4-5,8-9H,6-7H2,1-3H3,(H2,16,17,19)/p+1/t9-/m1/s1.